The molecule has 0 aromatic carbocycles. The van der Waals surface area contributed by atoms with Gasteiger partial charge in [-0.15, -0.1) is 11.3 Å². The SMILES string of the molecule is CCN(CC)CCNc1ncnc2scc(C)c12. The zero-order chi connectivity index (χ0) is 13.0. The highest BCUT2D eigenvalue weighted by Gasteiger charge is 2.08. The molecule has 0 radical (unpaired) electrons. The number of hydrogen-bond donors (Lipinski definition) is 1. The second-order valence-corrected chi connectivity index (χ2v) is 5.13. The molecular formula is C13H20N4S. The van der Waals surface area contributed by atoms with Gasteiger partial charge < -0.3 is 10.2 Å². The first-order chi connectivity index (χ1) is 8.76. The van der Waals surface area contributed by atoms with Gasteiger partial charge in [-0.05, 0) is 31.0 Å². The third kappa shape index (κ3) is 2.79. The first-order valence-corrected chi connectivity index (χ1v) is 7.29. The summed E-state index contributed by atoms with van der Waals surface area (Å²) < 4.78 is 0. The molecule has 0 bridgehead atoms. The van der Waals surface area contributed by atoms with Crippen LogP contribution in [0.2, 0.25) is 0 Å². The maximum Gasteiger partial charge on any atom is 0.138 e. The molecule has 2 heterocycles. The van der Waals surface area contributed by atoms with Crippen LogP contribution in [-0.4, -0.2) is 41.0 Å². The van der Waals surface area contributed by atoms with Crippen molar-refractivity contribution < 1.29 is 0 Å². The molecule has 0 amide bonds. The van der Waals surface area contributed by atoms with Crippen molar-refractivity contribution >= 4 is 27.4 Å². The number of fused-ring (bicyclic) bond motifs is 1. The van der Waals surface area contributed by atoms with E-state index in [2.05, 4.69) is 46.3 Å². The van der Waals surface area contributed by atoms with Crippen molar-refractivity contribution in [2.75, 3.05) is 31.5 Å². The minimum atomic E-state index is 0.920. The Morgan fingerprint density at radius 1 is 1.28 bits per heavy atom. The molecule has 0 unspecified atom stereocenters. The van der Waals surface area contributed by atoms with Crippen LogP contribution >= 0.6 is 11.3 Å². The van der Waals surface area contributed by atoms with E-state index in [4.69, 9.17) is 0 Å². The first-order valence-electron chi connectivity index (χ1n) is 6.41. The van der Waals surface area contributed by atoms with Gasteiger partial charge >= 0.3 is 0 Å². The number of hydrogen-bond acceptors (Lipinski definition) is 5. The Bertz CT molecular complexity index is 505. The number of aromatic nitrogens is 2. The monoisotopic (exact) mass is 264 g/mol. The topological polar surface area (TPSA) is 41.0 Å². The van der Waals surface area contributed by atoms with E-state index >= 15 is 0 Å². The Kier molecular flexibility index (Phi) is 4.49. The molecule has 18 heavy (non-hydrogen) atoms. The minimum absolute atomic E-state index is 0.920. The first kappa shape index (κ1) is 13.2. The lowest BCUT2D eigenvalue weighted by atomic mass is 10.2. The summed E-state index contributed by atoms with van der Waals surface area (Å²) in [6.45, 7) is 10.6. The fraction of sp³-hybridized carbons (Fsp3) is 0.538. The summed E-state index contributed by atoms with van der Waals surface area (Å²) in [5, 5.41) is 6.73. The average molecular weight is 264 g/mol. The van der Waals surface area contributed by atoms with Gasteiger partial charge in [0.1, 0.15) is 17.0 Å². The van der Waals surface area contributed by atoms with Crippen LogP contribution in [-0.2, 0) is 0 Å². The molecule has 2 aromatic heterocycles. The van der Waals surface area contributed by atoms with Crippen LogP contribution in [0.1, 0.15) is 19.4 Å². The Hall–Kier alpha value is -1.20. The van der Waals surface area contributed by atoms with Gasteiger partial charge in [-0.25, -0.2) is 9.97 Å². The lowest BCUT2D eigenvalue weighted by Gasteiger charge is -2.18. The molecule has 5 heteroatoms. The molecule has 0 saturated heterocycles. The fourth-order valence-electron chi connectivity index (χ4n) is 2.02. The maximum atomic E-state index is 4.35. The molecular weight excluding hydrogens is 244 g/mol. The number of rotatable bonds is 6. The van der Waals surface area contributed by atoms with Crippen LogP contribution < -0.4 is 5.32 Å². The van der Waals surface area contributed by atoms with Crippen molar-refractivity contribution in [1.29, 1.82) is 0 Å². The fourth-order valence-corrected chi connectivity index (χ4v) is 2.91. The number of anilines is 1. The number of thiophene rings is 1. The van der Waals surface area contributed by atoms with Gasteiger partial charge in [0.15, 0.2) is 0 Å². The molecule has 0 fully saturated rings. The summed E-state index contributed by atoms with van der Waals surface area (Å²) >= 11 is 1.68. The average Bonchev–Trinajstić information content (AvgIpc) is 2.77. The Balaban J connectivity index is 2.05. The van der Waals surface area contributed by atoms with E-state index in [9.17, 15) is 0 Å². The van der Waals surface area contributed by atoms with Gasteiger partial charge in [-0.2, -0.15) is 0 Å². The van der Waals surface area contributed by atoms with Gasteiger partial charge in [0.25, 0.3) is 0 Å². The number of nitrogens with one attached hydrogen (secondary N) is 1. The van der Waals surface area contributed by atoms with Crippen molar-refractivity contribution in [3.63, 3.8) is 0 Å². The van der Waals surface area contributed by atoms with Gasteiger partial charge in [-0.1, -0.05) is 13.8 Å². The van der Waals surface area contributed by atoms with Crippen molar-refractivity contribution in [3.8, 4) is 0 Å². The predicted octanol–water partition coefficient (Wildman–Crippen LogP) is 2.75. The lowest BCUT2D eigenvalue weighted by molar-refractivity contribution is 0.316. The van der Waals surface area contributed by atoms with Crippen LogP contribution in [0.25, 0.3) is 10.2 Å². The Morgan fingerprint density at radius 2 is 2.06 bits per heavy atom. The van der Waals surface area contributed by atoms with E-state index in [-0.39, 0.29) is 0 Å². The molecule has 1 N–H and O–H groups in total. The highest BCUT2D eigenvalue weighted by molar-refractivity contribution is 7.17. The van der Waals surface area contributed by atoms with Crippen LogP contribution in [0.5, 0.6) is 0 Å². The van der Waals surface area contributed by atoms with Gasteiger partial charge in [0.05, 0.1) is 5.39 Å². The summed E-state index contributed by atoms with van der Waals surface area (Å²) in [6.07, 6.45) is 1.64. The Morgan fingerprint density at radius 3 is 2.78 bits per heavy atom. The quantitative estimate of drug-likeness (QED) is 0.871. The Labute approximate surface area is 112 Å². The van der Waals surface area contributed by atoms with Gasteiger partial charge in [0.2, 0.25) is 0 Å². The van der Waals surface area contributed by atoms with E-state index in [1.54, 1.807) is 17.7 Å². The standard InChI is InChI=1S/C13H20N4S/c1-4-17(5-2)7-6-14-12-11-10(3)8-18-13(11)16-9-15-12/h8-9H,4-7H2,1-3H3,(H,14,15,16). The smallest absolute Gasteiger partial charge is 0.138 e. The number of nitrogens with zero attached hydrogens (tertiary/aromatic N) is 3. The molecule has 2 rings (SSSR count). The second-order valence-electron chi connectivity index (χ2n) is 4.27. The summed E-state index contributed by atoms with van der Waals surface area (Å²) in [5.41, 5.74) is 1.25. The van der Waals surface area contributed by atoms with Gasteiger partial charge in [-0.3, -0.25) is 0 Å². The zero-order valence-electron chi connectivity index (χ0n) is 11.2. The maximum absolute atomic E-state index is 4.35. The highest BCUT2D eigenvalue weighted by Crippen LogP contribution is 2.28. The molecule has 0 saturated carbocycles. The molecule has 98 valence electrons. The van der Waals surface area contributed by atoms with Crippen LogP contribution in [0.15, 0.2) is 11.7 Å². The zero-order valence-corrected chi connectivity index (χ0v) is 12.0. The van der Waals surface area contributed by atoms with Crippen molar-refractivity contribution in [3.05, 3.63) is 17.3 Å². The molecule has 0 aliphatic carbocycles. The summed E-state index contributed by atoms with van der Waals surface area (Å²) in [7, 11) is 0. The van der Waals surface area contributed by atoms with E-state index in [1.165, 1.54) is 10.9 Å². The molecule has 0 aliphatic rings. The predicted molar refractivity (Wildman–Crippen MR) is 78.4 cm³/mol. The second kappa shape index (κ2) is 6.11. The van der Waals surface area contributed by atoms with Gasteiger partial charge in [0, 0.05) is 13.1 Å². The van der Waals surface area contributed by atoms with E-state index < -0.39 is 0 Å². The van der Waals surface area contributed by atoms with Crippen LogP contribution in [0, 0.1) is 6.92 Å². The van der Waals surface area contributed by atoms with Crippen molar-refractivity contribution in [2.45, 2.75) is 20.8 Å². The van der Waals surface area contributed by atoms with E-state index in [0.29, 0.717) is 0 Å². The molecule has 0 aliphatic heterocycles. The van der Waals surface area contributed by atoms with Crippen LogP contribution in [0.3, 0.4) is 0 Å². The third-order valence-corrected chi connectivity index (χ3v) is 4.17. The van der Waals surface area contributed by atoms with E-state index in [1.807, 2.05) is 0 Å². The minimum Gasteiger partial charge on any atom is -0.368 e. The third-order valence-electron chi connectivity index (χ3n) is 3.17. The number of aryl methyl sites for hydroxylation is 1. The van der Waals surface area contributed by atoms with Crippen molar-refractivity contribution in [1.82, 2.24) is 14.9 Å². The molecule has 0 spiro atoms. The summed E-state index contributed by atoms with van der Waals surface area (Å²) in [5.74, 6) is 0.964. The molecule has 2 aromatic rings. The molecule has 0 atom stereocenters. The summed E-state index contributed by atoms with van der Waals surface area (Å²) in [6, 6.07) is 0. The van der Waals surface area contributed by atoms with Crippen molar-refractivity contribution in [2.24, 2.45) is 0 Å². The largest absolute Gasteiger partial charge is 0.368 e. The van der Waals surface area contributed by atoms with E-state index in [0.717, 1.165) is 36.8 Å². The van der Waals surface area contributed by atoms with Crippen LogP contribution in [0.4, 0.5) is 5.82 Å². The summed E-state index contributed by atoms with van der Waals surface area (Å²) in [4.78, 5) is 12.1. The normalized spacial score (nSPS) is 11.3. The number of likely N-dealkylation sites (N-methyl/N-ethyl adjacent to an activating group) is 1. The lowest BCUT2D eigenvalue weighted by Crippen LogP contribution is -2.28. The molecule has 4 nitrogen and oxygen atoms in total. The highest BCUT2D eigenvalue weighted by atomic mass is 32.1.